The summed E-state index contributed by atoms with van der Waals surface area (Å²) in [6.45, 7) is 1.84. The summed E-state index contributed by atoms with van der Waals surface area (Å²) < 4.78 is 0. The van der Waals surface area contributed by atoms with Gasteiger partial charge in [0.15, 0.2) is 34.5 Å². The second kappa shape index (κ2) is 7.11. The van der Waals surface area contributed by atoms with Crippen molar-refractivity contribution >= 4 is 0 Å². The lowest BCUT2D eigenvalue weighted by Gasteiger charge is -2.13. The summed E-state index contributed by atoms with van der Waals surface area (Å²) in [5.74, 6) is -3.07. The van der Waals surface area contributed by atoms with Crippen LogP contribution < -0.4 is 0 Å². The average Bonchev–Trinajstić information content (AvgIpc) is 2.61. The molecule has 0 aliphatic rings. The minimum Gasteiger partial charge on any atom is -0.507 e. The minimum atomic E-state index is -0.607. The number of aromatic hydroxyl groups is 7. The van der Waals surface area contributed by atoms with Crippen molar-refractivity contribution in [2.24, 2.45) is 0 Å². The maximum Gasteiger partial charge on any atom is 0.200 e. The summed E-state index contributed by atoms with van der Waals surface area (Å²) in [5.41, 5.74) is 2.89. The van der Waals surface area contributed by atoms with Gasteiger partial charge in [-0.3, -0.25) is 0 Å². The van der Waals surface area contributed by atoms with Crippen LogP contribution in [0.15, 0.2) is 36.4 Å². The fourth-order valence-electron chi connectivity index (χ4n) is 3.17. The number of aryl methyl sites for hydroxylation is 1. The average molecular weight is 384 g/mol. The largest absolute Gasteiger partial charge is 0.507 e. The van der Waals surface area contributed by atoms with Crippen molar-refractivity contribution in [2.45, 2.75) is 19.8 Å². The molecule has 0 heterocycles. The maximum atomic E-state index is 10.7. The summed E-state index contributed by atoms with van der Waals surface area (Å²) in [7, 11) is 0. The molecule has 0 fully saturated rings. The summed E-state index contributed by atoms with van der Waals surface area (Å²) in [6, 6.07) is 8.70. The number of hydrogen-bond donors (Lipinski definition) is 7. The molecule has 0 bridgehead atoms. The van der Waals surface area contributed by atoms with E-state index in [1.807, 2.05) is 6.92 Å². The summed E-state index contributed by atoms with van der Waals surface area (Å²) in [5, 5.41) is 68.3. The number of phenols is 7. The molecule has 7 nitrogen and oxygen atoms in total. The van der Waals surface area contributed by atoms with Gasteiger partial charge in [-0.25, -0.2) is 0 Å². The van der Waals surface area contributed by atoms with Crippen molar-refractivity contribution in [1.82, 2.24) is 0 Å². The molecule has 3 rings (SSSR count). The van der Waals surface area contributed by atoms with Gasteiger partial charge in [0.1, 0.15) is 5.75 Å². The molecule has 0 radical (unpaired) electrons. The van der Waals surface area contributed by atoms with Crippen molar-refractivity contribution in [2.75, 3.05) is 0 Å². The summed E-state index contributed by atoms with van der Waals surface area (Å²) >= 11 is 0. The highest BCUT2D eigenvalue weighted by atomic mass is 16.3. The van der Waals surface area contributed by atoms with Crippen LogP contribution >= 0.6 is 0 Å². The first kappa shape index (κ1) is 19.0. The standard InChI is InChI=1S/C21H20O7/c1-10-2-13(4-11-6-15(22)20(27)16(23)7-11)19(26)14(3-10)5-12-8-17(24)21(28)18(25)9-12/h2-3,6-9,22-28H,4-5H2,1H3. The zero-order valence-corrected chi connectivity index (χ0v) is 15.0. The molecule has 3 aromatic rings. The third-order valence-corrected chi connectivity index (χ3v) is 4.46. The first-order valence-electron chi connectivity index (χ1n) is 8.44. The molecule has 0 aliphatic carbocycles. The molecule has 0 aliphatic heterocycles. The third kappa shape index (κ3) is 3.68. The van der Waals surface area contributed by atoms with Gasteiger partial charge in [-0.1, -0.05) is 17.7 Å². The lowest BCUT2D eigenvalue weighted by Crippen LogP contribution is -1.97. The van der Waals surface area contributed by atoms with Crippen LogP contribution in [0.5, 0.6) is 40.2 Å². The van der Waals surface area contributed by atoms with E-state index in [1.54, 1.807) is 12.1 Å². The first-order chi connectivity index (χ1) is 13.2. The van der Waals surface area contributed by atoms with Gasteiger partial charge < -0.3 is 35.7 Å². The van der Waals surface area contributed by atoms with E-state index >= 15 is 0 Å². The van der Waals surface area contributed by atoms with Crippen molar-refractivity contribution < 1.29 is 35.7 Å². The Bertz CT molecular complexity index is 930. The molecule has 7 heteroatoms. The summed E-state index contributed by atoms with van der Waals surface area (Å²) in [6.07, 6.45) is 0.377. The van der Waals surface area contributed by atoms with E-state index in [0.717, 1.165) is 5.56 Å². The molecule has 0 atom stereocenters. The smallest absolute Gasteiger partial charge is 0.200 e. The Morgan fingerprint density at radius 1 is 0.500 bits per heavy atom. The van der Waals surface area contributed by atoms with Crippen molar-refractivity contribution in [3.8, 4) is 40.2 Å². The van der Waals surface area contributed by atoms with Crippen molar-refractivity contribution in [3.63, 3.8) is 0 Å². The Balaban J connectivity index is 1.96. The quantitative estimate of drug-likeness (QED) is 0.343. The Kier molecular flexibility index (Phi) is 4.83. The number of rotatable bonds is 4. The van der Waals surface area contributed by atoms with Crippen molar-refractivity contribution in [1.29, 1.82) is 0 Å². The number of phenolic OH excluding ortho intramolecular Hbond substituents is 7. The Morgan fingerprint density at radius 3 is 1.14 bits per heavy atom. The minimum absolute atomic E-state index is 0.00953. The van der Waals surface area contributed by atoms with Crippen LogP contribution in [0.1, 0.15) is 27.8 Å². The lowest BCUT2D eigenvalue weighted by atomic mass is 9.95. The third-order valence-electron chi connectivity index (χ3n) is 4.46. The first-order valence-corrected chi connectivity index (χ1v) is 8.44. The second-order valence-corrected chi connectivity index (χ2v) is 6.75. The monoisotopic (exact) mass is 384 g/mol. The zero-order chi connectivity index (χ0) is 20.6. The van der Waals surface area contributed by atoms with Crippen LogP contribution in [0.4, 0.5) is 0 Å². The molecule has 0 saturated heterocycles. The molecule has 146 valence electrons. The van der Waals surface area contributed by atoms with Gasteiger partial charge >= 0.3 is 0 Å². The van der Waals surface area contributed by atoms with Gasteiger partial charge in [-0.2, -0.15) is 0 Å². The van der Waals surface area contributed by atoms with Gasteiger partial charge in [-0.05, 0) is 53.4 Å². The molecular weight excluding hydrogens is 364 g/mol. The number of hydrogen-bond acceptors (Lipinski definition) is 7. The van der Waals surface area contributed by atoms with E-state index in [4.69, 9.17) is 0 Å². The van der Waals surface area contributed by atoms with E-state index in [0.29, 0.717) is 22.3 Å². The fourth-order valence-corrected chi connectivity index (χ4v) is 3.17. The van der Waals surface area contributed by atoms with Gasteiger partial charge in [-0.15, -0.1) is 0 Å². The maximum absolute atomic E-state index is 10.7. The number of benzene rings is 3. The van der Waals surface area contributed by atoms with Gasteiger partial charge in [0.2, 0.25) is 0 Å². The van der Waals surface area contributed by atoms with E-state index in [2.05, 4.69) is 0 Å². The van der Waals surface area contributed by atoms with Crippen LogP contribution in [0.3, 0.4) is 0 Å². The second-order valence-electron chi connectivity index (χ2n) is 6.75. The van der Waals surface area contributed by atoms with E-state index in [1.165, 1.54) is 24.3 Å². The molecule has 0 unspecified atom stereocenters. The normalized spacial score (nSPS) is 10.9. The highest BCUT2D eigenvalue weighted by molar-refractivity contribution is 5.55. The van der Waals surface area contributed by atoms with Crippen LogP contribution in [0.25, 0.3) is 0 Å². The van der Waals surface area contributed by atoms with Gasteiger partial charge in [0, 0.05) is 12.8 Å². The molecule has 0 saturated carbocycles. The predicted molar refractivity (Wildman–Crippen MR) is 101 cm³/mol. The molecular formula is C21H20O7. The Morgan fingerprint density at radius 2 is 0.821 bits per heavy atom. The van der Waals surface area contributed by atoms with Crippen LogP contribution in [0, 0.1) is 6.92 Å². The molecule has 0 amide bonds. The van der Waals surface area contributed by atoms with Gasteiger partial charge in [0.05, 0.1) is 0 Å². The summed E-state index contributed by atoms with van der Waals surface area (Å²) in [4.78, 5) is 0. The lowest BCUT2D eigenvalue weighted by molar-refractivity contribution is 0.367. The molecule has 7 N–H and O–H groups in total. The van der Waals surface area contributed by atoms with Crippen LogP contribution in [0.2, 0.25) is 0 Å². The molecule has 28 heavy (non-hydrogen) atoms. The van der Waals surface area contributed by atoms with Crippen LogP contribution in [-0.4, -0.2) is 35.7 Å². The highest BCUT2D eigenvalue weighted by Gasteiger charge is 2.15. The topological polar surface area (TPSA) is 142 Å². The molecule has 3 aromatic carbocycles. The predicted octanol–water partition coefficient (Wildman–Crippen LogP) is 3.12. The van der Waals surface area contributed by atoms with E-state index < -0.39 is 34.5 Å². The zero-order valence-electron chi connectivity index (χ0n) is 15.0. The highest BCUT2D eigenvalue weighted by Crippen LogP contribution is 2.39. The Labute approximate surface area is 160 Å². The SMILES string of the molecule is Cc1cc(Cc2cc(O)c(O)c(O)c2)c(O)c(Cc2cc(O)c(O)c(O)c2)c1. The van der Waals surface area contributed by atoms with Crippen LogP contribution in [-0.2, 0) is 12.8 Å². The molecule has 0 spiro atoms. The van der Waals surface area contributed by atoms with E-state index in [9.17, 15) is 35.7 Å². The Hall–Kier alpha value is -3.74. The fraction of sp³-hybridized carbons (Fsp3) is 0.143. The molecule has 0 aromatic heterocycles. The van der Waals surface area contributed by atoms with E-state index in [-0.39, 0.29) is 18.6 Å². The van der Waals surface area contributed by atoms with Gasteiger partial charge in [0.25, 0.3) is 0 Å². The van der Waals surface area contributed by atoms with Crippen molar-refractivity contribution in [3.05, 3.63) is 64.2 Å².